The molecule has 0 N–H and O–H groups in total. The highest BCUT2D eigenvalue weighted by atomic mass is 35.5. The van der Waals surface area contributed by atoms with Gasteiger partial charge in [0.15, 0.2) is 5.82 Å². The Morgan fingerprint density at radius 1 is 1.12 bits per heavy atom. The molecule has 0 unspecified atom stereocenters. The number of fused-ring (bicyclic) bond motifs is 1. The van der Waals surface area contributed by atoms with Crippen LogP contribution < -0.4 is 0 Å². The summed E-state index contributed by atoms with van der Waals surface area (Å²) in [5, 5.41) is 0.573. The second-order valence-electron chi connectivity index (χ2n) is 4.06. The van der Waals surface area contributed by atoms with Crippen LogP contribution >= 0.6 is 11.6 Å². The number of rotatable bonds is 1. The molecule has 86 valence electrons. The molecule has 0 atom stereocenters. The fourth-order valence-corrected chi connectivity index (χ4v) is 2.37. The molecule has 17 heavy (non-hydrogen) atoms. The molecule has 0 saturated carbocycles. The normalized spacial score (nSPS) is 14.4. The van der Waals surface area contributed by atoms with Gasteiger partial charge in [-0.2, -0.15) is 0 Å². The molecule has 0 fully saturated rings. The van der Waals surface area contributed by atoms with Crippen LogP contribution in [0.1, 0.15) is 24.1 Å². The van der Waals surface area contributed by atoms with Crippen LogP contribution in [0.25, 0.3) is 11.5 Å². The zero-order valence-corrected chi connectivity index (χ0v) is 9.98. The van der Waals surface area contributed by atoms with Crippen molar-refractivity contribution in [3.8, 4) is 11.5 Å². The lowest BCUT2D eigenvalue weighted by atomic mass is 9.97. The van der Waals surface area contributed by atoms with Crippen molar-refractivity contribution in [1.29, 1.82) is 0 Å². The second-order valence-corrected chi connectivity index (χ2v) is 4.42. The molecule has 0 amide bonds. The fourth-order valence-electron chi connectivity index (χ4n) is 2.09. The van der Waals surface area contributed by atoms with Gasteiger partial charge in [0.25, 0.3) is 0 Å². The SMILES string of the molecule is Clc1nc(-c2ccncn2)nc2c1CCCC2. The minimum Gasteiger partial charge on any atom is -0.245 e. The zero-order valence-electron chi connectivity index (χ0n) is 9.23. The molecule has 0 aromatic carbocycles. The van der Waals surface area contributed by atoms with Crippen molar-refractivity contribution in [2.75, 3.05) is 0 Å². The van der Waals surface area contributed by atoms with Gasteiger partial charge >= 0.3 is 0 Å². The highest BCUT2D eigenvalue weighted by Gasteiger charge is 2.17. The summed E-state index contributed by atoms with van der Waals surface area (Å²) in [7, 11) is 0. The van der Waals surface area contributed by atoms with E-state index in [1.54, 1.807) is 12.3 Å². The van der Waals surface area contributed by atoms with E-state index < -0.39 is 0 Å². The Hall–Kier alpha value is -1.55. The standard InChI is InChI=1S/C12H11ClN4/c13-11-8-3-1-2-4-9(8)16-12(17-11)10-5-6-14-7-15-10/h5-7H,1-4H2. The zero-order chi connectivity index (χ0) is 11.7. The van der Waals surface area contributed by atoms with E-state index in [-0.39, 0.29) is 0 Å². The first-order valence-corrected chi connectivity index (χ1v) is 6.04. The van der Waals surface area contributed by atoms with Gasteiger partial charge in [-0.1, -0.05) is 11.6 Å². The number of aryl methyl sites for hydroxylation is 1. The van der Waals surface area contributed by atoms with Crippen molar-refractivity contribution in [3.05, 3.63) is 35.0 Å². The van der Waals surface area contributed by atoms with Crippen molar-refractivity contribution in [2.45, 2.75) is 25.7 Å². The quantitative estimate of drug-likeness (QED) is 0.726. The van der Waals surface area contributed by atoms with Gasteiger partial charge in [-0.15, -0.1) is 0 Å². The first-order chi connectivity index (χ1) is 8.34. The van der Waals surface area contributed by atoms with Crippen LogP contribution in [0.15, 0.2) is 18.6 Å². The average Bonchev–Trinajstić information content (AvgIpc) is 2.40. The van der Waals surface area contributed by atoms with E-state index in [1.807, 2.05) is 0 Å². The van der Waals surface area contributed by atoms with Gasteiger partial charge in [0.05, 0.1) is 0 Å². The topological polar surface area (TPSA) is 51.6 Å². The van der Waals surface area contributed by atoms with Crippen LogP contribution in [-0.2, 0) is 12.8 Å². The summed E-state index contributed by atoms with van der Waals surface area (Å²) in [6, 6.07) is 1.79. The molecule has 2 aromatic rings. The van der Waals surface area contributed by atoms with E-state index >= 15 is 0 Å². The lowest BCUT2D eigenvalue weighted by Crippen LogP contribution is -2.09. The highest BCUT2D eigenvalue weighted by molar-refractivity contribution is 6.30. The third-order valence-corrected chi connectivity index (χ3v) is 3.26. The summed E-state index contributed by atoms with van der Waals surface area (Å²) in [5.41, 5.74) is 2.90. The molecule has 0 spiro atoms. The van der Waals surface area contributed by atoms with Crippen LogP contribution in [0, 0.1) is 0 Å². The van der Waals surface area contributed by atoms with E-state index in [0.29, 0.717) is 11.0 Å². The fraction of sp³-hybridized carbons (Fsp3) is 0.333. The Labute approximate surface area is 104 Å². The lowest BCUT2D eigenvalue weighted by Gasteiger charge is -2.16. The first kappa shape index (κ1) is 10.6. The molecule has 2 aromatic heterocycles. The van der Waals surface area contributed by atoms with Crippen LogP contribution in [0.2, 0.25) is 5.15 Å². The van der Waals surface area contributed by atoms with Crippen LogP contribution in [0.5, 0.6) is 0 Å². The highest BCUT2D eigenvalue weighted by Crippen LogP contribution is 2.27. The van der Waals surface area contributed by atoms with Gasteiger partial charge in [0.1, 0.15) is 17.2 Å². The van der Waals surface area contributed by atoms with Crippen LogP contribution in [-0.4, -0.2) is 19.9 Å². The third kappa shape index (κ3) is 2.00. The average molecular weight is 247 g/mol. The van der Waals surface area contributed by atoms with Gasteiger partial charge in [-0.25, -0.2) is 19.9 Å². The summed E-state index contributed by atoms with van der Waals surface area (Å²) in [5.74, 6) is 0.595. The van der Waals surface area contributed by atoms with Gasteiger partial charge in [-0.3, -0.25) is 0 Å². The van der Waals surface area contributed by atoms with Crippen molar-refractivity contribution in [3.63, 3.8) is 0 Å². The molecule has 1 aliphatic rings. The smallest absolute Gasteiger partial charge is 0.179 e. The largest absolute Gasteiger partial charge is 0.245 e. The van der Waals surface area contributed by atoms with E-state index in [2.05, 4.69) is 19.9 Å². The number of hydrogen-bond donors (Lipinski definition) is 0. The number of nitrogens with zero attached hydrogens (tertiary/aromatic N) is 4. The van der Waals surface area contributed by atoms with E-state index in [0.717, 1.165) is 29.8 Å². The van der Waals surface area contributed by atoms with Gasteiger partial charge < -0.3 is 0 Å². The van der Waals surface area contributed by atoms with Gasteiger partial charge in [0.2, 0.25) is 0 Å². The third-order valence-electron chi connectivity index (χ3n) is 2.94. The molecule has 0 saturated heterocycles. The molecule has 2 heterocycles. The first-order valence-electron chi connectivity index (χ1n) is 5.66. The van der Waals surface area contributed by atoms with Crippen molar-refractivity contribution in [2.24, 2.45) is 0 Å². The van der Waals surface area contributed by atoms with Gasteiger partial charge in [0, 0.05) is 17.5 Å². The van der Waals surface area contributed by atoms with Crippen LogP contribution in [0.4, 0.5) is 0 Å². The Balaban J connectivity index is 2.11. The van der Waals surface area contributed by atoms with E-state index in [4.69, 9.17) is 11.6 Å². The van der Waals surface area contributed by atoms with Crippen molar-refractivity contribution in [1.82, 2.24) is 19.9 Å². The molecule has 4 nitrogen and oxygen atoms in total. The van der Waals surface area contributed by atoms with Crippen molar-refractivity contribution < 1.29 is 0 Å². The molecule has 0 bridgehead atoms. The Morgan fingerprint density at radius 3 is 2.82 bits per heavy atom. The van der Waals surface area contributed by atoms with Crippen molar-refractivity contribution >= 4 is 11.6 Å². The Morgan fingerprint density at radius 2 is 2.00 bits per heavy atom. The minimum atomic E-state index is 0.573. The summed E-state index contributed by atoms with van der Waals surface area (Å²) in [6.07, 6.45) is 7.48. The number of hydrogen-bond acceptors (Lipinski definition) is 4. The predicted molar refractivity (Wildman–Crippen MR) is 64.7 cm³/mol. The summed E-state index contributed by atoms with van der Waals surface area (Å²) in [6.45, 7) is 0. The number of halogens is 1. The summed E-state index contributed by atoms with van der Waals surface area (Å²) < 4.78 is 0. The number of aromatic nitrogens is 4. The summed E-state index contributed by atoms with van der Waals surface area (Å²) >= 11 is 6.20. The molecule has 5 heteroatoms. The Kier molecular flexibility index (Phi) is 2.73. The maximum atomic E-state index is 6.20. The molecule has 3 rings (SSSR count). The maximum absolute atomic E-state index is 6.20. The van der Waals surface area contributed by atoms with Crippen LogP contribution in [0.3, 0.4) is 0 Å². The predicted octanol–water partition coefficient (Wildman–Crippen LogP) is 2.47. The van der Waals surface area contributed by atoms with Gasteiger partial charge in [-0.05, 0) is 31.7 Å². The molecule has 0 radical (unpaired) electrons. The lowest BCUT2D eigenvalue weighted by molar-refractivity contribution is 0.663. The summed E-state index contributed by atoms with van der Waals surface area (Å²) in [4.78, 5) is 16.9. The molecule has 0 aliphatic heterocycles. The molecule has 1 aliphatic carbocycles. The maximum Gasteiger partial charge on any atom is 0.179 e. The second kappa shape index (κ2) is 4.37. The van der Waals surface area contributed by atoms with E-state index in [1.165, 1.54) is 19.2 Å². The van der Waals surface area contributed by atoms with E-state index in [9.17, 15) is 0 Å². The minimum absolute atomic E-state index is 0.573. The molecular formula is C12H11ClN4. The monoisotopic (exact) mass is 246 g/mol. The molecular weight excluding hydrogens is 236 g/mol. The Bertz CT molecular complexity index is 542.